The number of carbonyl (C=O) groups is 3. The molecule has 64 heavy (non-hydrogen) atoms. The maximum absolute atomic E-state index is 12.8. The average molecular weight is 897 g/mol. The molecule has 0 unspecified atom stereocenters. The van der Waals surface area contributed by atoms with Crippen LogP contribution in [0.2, 0.25) is 0 Å². The molecule has 0 bridgehead atoms. The van der Waals surface area contributed by atoms with Crippen LogP contribution in [0, 0.1) is 0 Å². The minimum absolute atomic E-state index is 0.0833. The molecule has 0 saturated heterocycles. The van der Waals surface area contributed by atoms with Crippen LogP contribution in [0.5, 0.6) is 0 Å². The Morgan fingerprint density at radius 3 is 0.953 bits per heavy atom. The fourth-order valence-corrected chi connectivity index (χ4v) is 7.86. The van der Waals surface area contributed by atoms with Crippen LogP contribution in [0.3, 0.4) is 0 Å². The first-order valence-corrected chi connectivity index (χ1v) is 27.6. The molecule has 0 amide bonds. The molecular weight excluding hydrogens is 793 g/mol. The number of unbranched alkanes of at least 4 members (excludes halogenated alkanes) is 31. The van der Waals surface area contributed by atoms with Crippen LogP contribution in [0.15, 0.2) is 48.6 Å². The van der Waals surface area contributed by atoms with E-state index in [-0.39, 0.29) is 31.1 Å². The van der Waals surface area contributed by atoms with Crippen molar-refractivity contribution >= 4 is 17.9 Å². The molecule has 0 aromatic heterocycles. The second-order valence-corrected chi connectivity index (χ2v) is 18.5. The molecule has 0 spiro atoms. The topological polar surface area (TPSA) is 78.9 Å². The van der Waals surface area contributed by atoms with E-state index in [1.807, 2.05) is 0 Å². The van der Waals surface area contributed by atoms with Crippen molar-refractivity contribution in [1.29, 1.82) is 0 Å². The number of hydrogen-bond donors (Lipinski definition) is 0. The molecule has 0 aliphatic heterocycles. The van der Waals surface area contributed by atoms with E-state index in [9.17, 15) is 14.4 Å². The molecule has 0 heterocycles. The zero-order valence-corrected chi connectivity index (χ0v) is 42.6. The lowest BCUT2D eigenvalue weighted by Crippen LogP contribution is -2.30. The van der Waals surface area contributed by atoms with E-state index < -0.39 is 6.10 Å². The van der Waals surface area contributed by atoms with Gasteiger partial charge in [0.05, 0.1) is 0 Å². The summed E-state index contributed by atoms with van der Waals surface area (Å²) in [5, 5.41) is 0. The molecule has 0 saturated carbocycles. The number of allylic oxidation sites excluding steroid dienone is 8. The number of ether oxygens (including phenoxy) is 3. The normalized spacial score (nSPS) is 12.4. The van der Waals surface area contributed by atoms with Gasteiger partial charge in [-0.05, 0) is 83.5 Å². The Kier molecular flexibility index (Phi) is 50.8. The van der Waals surface area contributed by atoms with Gasteiger partial charge < -0.3 is 14.2 Å². The predicted molar refractivity (Wildman–Crippen MR) is 275 cm³/mol. The van der Waals surface area contributed by atoms with Gasteiger partial charge in [-0.1, -0.05) is 230 Å². The van der Waals surface area contributed by atoms with Gasteiger partial charge >= 0.3 is 17.9 Å². The highest BCUT2D eigenvalue weighted by Gasteiger charge is 2.19. The van der Waals surface area contributed by atoms with Gasteiger partial charge in [0, 0.05) is 19.3 Å². The fraction of sp³-hybridized carbons (Fsp3) is 0.810. The fourth-order valence-electron chi connectivity index (χ4n) is 7.86. The third-order valence-corrected chi connectivity index (χ3v) is 12.1. The van der Waals surface area contributed by atoms with Crippen molar-refractivity contribution in [2.45, 2.75) is 290 Å². The molecule has 372 valence electrons. The molecule has 0 fully saturated rings. The molecule has 6 heteroatoms. The van der Waals surface area contributed by atoms with Crippen LogP contribution in [-0.4, -0.2) is 37.2 Å². The summed E-state index contributed by atoms with van der Waals surface area (Å²) in [6.45, 7) is 6.59. The number of carbonyl (C=O) groups excluding carboxylic acids is 3. The van der Waals surface area contributed by atoms with Gasteiger partial charge in [-0.15, -0.1) is 0 Å². The number of hydrogen-bond acceptors (Lipinski definition) is 6. The third-order valence-electron chi connectivity index (χ3n) is 12.1. The summed E-state index contributed by atoms with van der Waals surface area (Å²) in [5.74, 6) is -0.915. The standard InChI is InChI=1S/C58H104O6/c1-4-7-10-13-16-19-22-25-27-28-29-30-32-34-37-40-43-46-49-52-58(61)64-55(53-62-56(59)50-47-44-41-38-35-24-21-18-15-12-9-6-3)54-63-57(60)51-48-45-42-39-36-33-31-26-23-20-17-14-11-8-5-2/h17,20,25-27,31,36,39,55H,4-16,18-19,21-24,28-30,32-35,37-38,40-54H2,1-3H3/b20-17-,27-25-,31-26-,39-36-/t55-/m0/s1. The molecule has 0 aliphatic rings. The Hall–Kier alpha value is -2.63. The highest BCUT2D eigenvalue weighted by molar-refractivity contribution is 5.71. The van der Waals surface area contributed by atoms with Crippen LogP contribution in [-0.2, 0) is 28.6 Å². The summed E-state index contributed by atoms with van der Waals surface area (Å²) in [7, 11) is 0. The molecule has 0 rings (SSSR count). The van der Waals surface area contributed by atoms with Crippen molar-refractivity contribution in [2.75, 3.05) is 13.2 Å². The molecule has 0 radical (unpaired) electrons. The van der Waals surface area contributed by atoms with E-state index in [1.54, 1.807) is 0 Å². The van der Waals surface area contributed by atoms with Crippen molar-refractivity contribution in [3.8, 4) is 0 Å². The van der Waals surface area contributed by atoms with E-state index in [2.05, 4.69) is 69.4 Å². The molecule has 0 aromatic carbocycles. The van der Waals surface area contributed by atoms with Gasteiger partial charge in [-0.2, -0.15) is 0 Å². The SMILES string of the molecule is CCCCC/C=C\C/C=C\C/C=C\CCCCC(=O)OC[C@H](COC(=O)CCCCCCCCCCCCCC)OC(=O)CCCCCCCCCCC/C=C\CCCCCCCC. The summed E-state index contributed by atoms with van der Waals surface area (Å²) in [6.07, 6.45) is 63.8. The Morgan fingerprint density at radius 1 is 0.312 bits per heavy atom. The molecule has 0 aliphatic carbocycles. The summed E-state index contributed by atoms with van der Waals surface area (Å²) in [6, 6.07) is 0. The lowest BCUT2D eigenvalue weighted by Gasteiger charge is -2.18. The van der Waals surface area contributed by atoms with Crippen molar-refractivity contribution < 1.29 is 28.6 Å². The molecule has 0 aromatic rings. The average Bonchev–Trinajstić information content (AvgIpc) is 3.29. The van der Waals surface area contributed by atoms with Gasteiger partial charge in [0.15, 0.2) is 6.10 Å². The summed E-state index contributed by atoms with van der Waals surface area (Å²) in [5.41, 5.74) is 0. The first kappa shape index (κ1) is 61.4. The molecule has 6 nitrogen and oxygen atoms in total. The smallest absolute Gasteiger partial charge is 0.306 e. The lowest BCUT2D eigenvalue weighted by atomic mass is 10.0. The molecular formula is C58H104O6. The summed E-state index contributed by atoms with van der Waals surface area (Å²) < 4.78 is 16.8. The zero-order valence-electron chi connectivity index (χ0n) is 42.6. The molecule has 1 atom stereocenters. The van der Waals surface area contributed by atoms with E-state index in [4.69, 9.17) is 14.2 Å². The van der Waals surface area contributed by atoms with Gasteiger partial charge in [-0.25, -0.2) is 0 Å². The Balaban J connectivity index is 4.39. The Morgan fingerprint density at radius 2 is 0.562 bits per heavy atom. The Bertz CT molecular complexity index is 1120. The van der Waals surface area contributed by atoms with Gasteiger partial charge in [0.25, 0.3) is 0 Å². The minimum atomic E-state index is -0.786. The highest BCUT2D eigenvalue weighted by atomic mass is 16.6. The quantitative estimate of drug-likeness (QED) is 0.0262. The highest BCUT2D eigenvalue weighted by Crippen LogP contribution is 2.15. The summed E-state index contributed by atoms with van der Waals surface area (Å²) in [4.78, 5) is 38.0. The maximum atomic E-state index is 12.8. The van der Waals surface area contributed by atoms with Gasteiger partial charge in [-0.3, -0.25) is 14.4 Å². The Labute approximate surface area is 397 Å². The zero-order chi connectivity index (χ0) is 46.5. The van der Waals surface area contributed by atoms with Gasteiger partial charge in [0.1, 0.15) is 13.2 Å². The van der Waals surface area contributed by atoms with Gasteiger partial charge in [0.2, 0.25) is 0 Å². The van der Waals surface area contributed by atoms with E-state index in [0.29, 0.717) is 19.3 Å². The minimum Gasteiger partial charge on any atom is -0.462 e. The van der Waals surface area contributed by atoms with E-state index >= 15 is 0 Å². The van der Waals surface area contributed by atoms with E-state index in [0.717, 1.165) is 70.6 Å². The molecule has 0 N–H and O–H groups in total. The maximum Gasteiger partial charge on any atom is 0.306 e. The van der Waals surface area contributed by atoms with Crippen molar-refractivity contribution in [3.63, 3.8) is 0 Å². The first-order chi connectivity index (χ1) is 31.5. The van der Waals surface area contributed by atoms with Crippen LogP contribution >= 0.6 is 0 Å². The largest absolute Gasteiger partial charge is 0.462 e. The van der Waals surface area contributed by atoms with Crippen molar-refractivity contribution in [2.24, 2.45) is 0 Å². The van der Waals surface area contributed by atoms with Crippen molar-refractivity contribution in [1.82, 2.24) is 0 Å². The predicted octanol–water partition coefficient (Wildman–Crippen LogP) is 18.3. The van der Waals surface area contributed by atoms with Crippen LogP contribution in [0.1, 0.15) is 284 Å². The first-order valence-electron chi connectivity index (χ1n) is 27.6. The van der Waals surface area contributed by atoms with Crippen LogP contribution < -0.4 is 0 Å². The second-order valence-electron chi connectivity index (χ2n) is 18.5. The number of rotatable bonds is 50. The monoisotopic (exact) mass is 897 g/mol. The third kappa shape index (κ3) is 50.4. The van der Waals surface area contributed by atoms with Crippen LogP contribution in [0.4, 0.5) is 0 Å². The van der Waals surface area contributed by atoms with Crippen LogP contribution in [0.25, 0.3) is 0 Å². The summed E-state index contributed by atoms with van der Waals surface area (Å²) >= 11 is 0. The van der Waals surface area contributed by atoms with Crippen molar-refractivity contribution in [3.05, 3.63) is 48.6 Å². The lowest BCUT2D eigenvalue weighted by molar-refractivity contribution is -0.167. The second kappa shape index (κ2) is 53.0. The van der Waals surface area contributed by atoms with E-state index in [1.165, 1.54) is 173 Å². The number of esters is 3.